The number of hydrogen-bond donors (Lipinski definition) is 1. The number of aromatic nitrogens is 2. The molecule has 1 aliphatic heterocycles. The molecule has 2 aromatic rings. The van der Waals surface area contributed by atoms with Gasteiger partial charge in [0.25, 0.3) is 0 Å². The summed E-state index contributed by atoms with van der Waals surface area (Å²) >= 11 is 12.2. The van der Waals surface area contributed by atoms with E-state index in [4.69, 9.17) is 27.9 Å². The van der Waals surface area contributed by atoms with Gasteiger partial charge in [-0.25, -0.2) is 9.97 Å². The molecule has 1 aromatic heterocycles. The SMILES string of the molecule is Clc1cc(Cl)c2c(c1)C(NCc1ccncn1)CCO2. The fourth-order valence-electron chi connectivity index (χ4n) is 2.29. The van der Waals surface area contributed by atoms with Gasteiger partial charge in [-0.1, -0.05) is 23.2 Å². The number of nitrogens with zero attached hydrogens (tertiary/aromatic N) is 2. The van der Waals surface area contributed by atoms with E-state index in [1.165, 1.54) is 0 Å². The quantitative estimate of drug-likeness (QED) is 0.944. The summed E-state index contributed by atoms with van der Waals surface area (Å²) in [5, 5.41) is 4.64. The molecule has 0 radical (unpaired) electrons. The molecule has 1 atom stereocenters. The Morgan fingerprint density at radius 2 is 2.25 bits per heavy atom. The van der Waals surface area contributed by atoms with E-state index in [9.17, 15) is 0 Å². The van der Waals surface area contributed by atoms with Gasteiger partial charge in [-0.05, 0) is 18.2 Å². The fourth-order valence-corrected chi connectivity index (χ4v) is 2.85. The number of fused-ring (bicyclic) bond motifs is 1. The molecule has 1 N–H and O–H groups in total. The molecule has 2 heterocycles. The highest BCUT2D eigenvalue weighted by molar-refractivity contribution is 6.35. The lowest BCUT2D eigenvalue weighted by atomic mass is 10.0. The van der Waals surface area contributed by atoms with E-state index in [-0.39, 0.29) is 6.04 Å². The van der Waals surface area contributed by atoms with Gasteiger partial charge in [-0.3, -0.25) is 0 Å². The Morgan fingerprint density at radius 1 is 1.35 bits per heavy atom. The van der Waals surface area contributed by atoms with E-state index in [2.05, 4.69) is 15.3 Å². The number of halogens is 2. The van der Waals surface area contributed by atoms with Gasteiger partial charge >= 0.3 is 0 Å². The summed E-state index contributed by atoms with van der Waals surface area (Å²) in [6, 6.07) is 5.65. The third kappa shape index (κ3) is 2.87. The Bertz CT molecular complexity index is 607. The zero-order chi connectivity index (χ0) is 13.9. The van der Waals surface area contributed by atoms with Crippen molar-refractivity contribution in [3.63, 3.8) is 0 Å². The second-order valence-electron chi connectivity index (χ2n) is 4.58. The molecular weight excluding hydrogens is 297 g/mol. The Labute approximate surface area is 127 Å². The highest BCUT2D eigenvalue weighted by Crippen LogP contribution is 2.39. The van der Waals surface area contributed by atoms with Gasteiger partial charge in [0.2, 0.25) is 0 Å². The summed E-state index contributed by atoms with van der Waals surface area (Å²) in [7, 11) is 0. The zero-order valence-corrected chi connectivity index (χ0v) is 12.2. The molecule has 1 unspecified atom stereocenters. The molecule has 0 saturated heterocycles. The lowest BCUT2D eigenvalue weighted by molar-refractivity contribution is 0.252. The summed E-state index contributed by atoms with van der Waals surface area (Å²) in [6.45, 7) is 1.30. The summed E-state index contributed by atoms with van der Waals surface area (Å²) < 4.78 is 5.64. The van der Waals surface area contributed by atoms with Crippen LogP contribution in [0.5, 0.6) is 5.75 Å². The van der Waals surface area contributed by atoms with E-state index in [0.717, 1.165) is 23.4 Å². The van der Waals surface area contributed by atoms with E-state index in [1.807, 2.05) is 12.1 Å². The molecule has 0 saturated carbocycles. The van der Waals surface area contributed by atoms with E-state index >= 15 is 0 Å². The van der Waals surface area contributed by atoms with Crippen molar-refractivity contribution in [2.75, 3.05) is 6.61 Å². The van der Waals surface area contributed by atoms with Gasteiger partial charge in [0, 0.05) is 35.8 Å². The van der Waals surface area contributed by atoms with Crippen LogP contribution < -0.4 is 10.1 Å². The number of hydrogen-bond acceptors (Lipinski definition) is 4. The van der Waals surface area contributed by atoms with Crippen molar-refractivity contribution in [1.82, 2.24) is 15.3 Å². The molecule has 0 amide bonds. The minimum atomic E-state index is 0.157. The Balaban J connectivity index is 1.80. The van der Waals surface area contributed by atoms with Crippen LogP contribution in [0.25, 0.3) is 0 Å². The van der Waals surface area contributed by atoms with Crippen LogP contribution in [0.2, 0.25) is 10.0 Å². The Morgan fingerprint density at radius 3 is 3.05 bits per heavy atom. The predicted octanol–water partition coefficient (Wildman–Crippen LogP) is 3.40. The van der Waals surface area contributed by atoms with Gasteiger partial charge in [-0.2, -0.15) is 0 Å². The lowest BCUT2D eigenvalue weighted by Gasteiger charge is -2.27. The molecule has 0 aliphatic carbocycles. The average Bonchev–Trinajstić information content (AvgIpc) is 2.46. The van der Waals surface area contributed by atoms with Crippen molar-refractivity contribution in [2.24, 2.45) is 0 Å². The van der Waals surface area contributed by atoms with Gasteiger partial charge in [0.05, 0.1) is 17.3 Å². The topological polar surface area (TPSA) is 47.0 Å². The van der Waals surface area contributed by atoms with Crippen LogP contribution in [0.1, 0.15) is 23.7 Å². The molecule has 1 aromatic carbocycles. The van der Waals surface area contributed by atoms with Crippen molar-refractivity contribution in [1.29, 1.82) is 0 Å². The van der Waals surface area contributed by atoms with E-state index in [0.29, 0.717) is 23.2 Å². The van der Waals surface area contributed by atoms with Crippen molar-refractivity contribution < 1.29 is 4.74 Å². The first kappa shape index (κ1) is 13.6. The van der Waals surface area contributed by atoms with Crippen LogP contribution >= 0.6 is 23.2 Å². The molecular formula is C14H13Cl2N3O. The smallest absolute Gasteiger partial charge is 0.142 e. The van der Waals surface area contributed by atoms with Crippen LogP contribution in [0.15, 0.2) is 30.7 Å². The number of benzene rings is 1. The second-order valence-corrected chi connectivity index (χ2v) is 5.42. The average molecular weight is 310 g/mol. The van der Waals surface area contributed by atoms with Crippen molar-refractivity contribution in [2.45, 2.75) is 19.0 Å². The molecule has 3 rings (SSSR count). The maximum absolute atomic E-state index is 6.17. The van der Waals surface area contributed by atoms with Crippen LogP contribution in [-0.4, -0.2) is 16.6 Å². The number of ether oxygens (including phenoxy) is 1. The molecule has 0 bridgehead atoms. The molecule has 0 spiro atoms. The predicted molar refractivity (Wildman–Crippen MR) is 78.2 cm³/mol. The summed E-state index contributed by atoms with van der Waals surface area (Å²) in [5.74, 6) is 0.725. The molecule has 1 aliphatic rings. The Kier molecular flexibility index (Phi) is 4.05. The highest BCUT2D eigenvalue weighted by atomic mass is 35.5. The van der Waals surface area contributed by atoms with Gasteiger partial charge in [0.15, 0.2) is 0 Å². The minimum Gasteiger partial charge on any atom is -0.492 e. The van der Waals surface area contributed by atoms with Crippen LogP contribution in [0, 0.1) is 0 Å². The first-order valence-corrected chi connectivity index (χ1v) is 7.09. The fraction of sp³-hybridized carbons (Fsp3) is 0.286. The molecule has 20 heavy (non-hydrogen) atoms. The first-order chi connectivity index (χ1) is 9.74. The molecule has 104 valence electrons. The number of nitrogens with one attached hydrogen (secondary N) is 1. The van der Waals surface area contributed by atoms with Crippen LogP contribution in [0.3, 0.4) is 0 Å². The van der Waals surface area contributed by atoms with Crippen molar-refractivity contribution >= 4 is 23.2 Å². The van der Waals surface area contributed by atoms with Gasteiger partial charge in [-0.15, -0.1) is 0 Å². The standard InChI is InChI=1S/C14H13Cl2N3O/c15-9-5-11-13(2-4-20-14(11)12(16)6-9)18-7-10-1-3-17-8-19-10/h1,3,5-6,8,13,18H,2,4,7H2. The third-order valence-corrected chi connectivity index (χ3v) is 3.74. The molecule has 4 nitrogen and oxygen atoms in total. The largest absolute Gasteiger partial charge is 0.492 e. The number of rotatable bonds is 3. The van der Waals surface area contributed by atoms with Crippen LogP contribution in [-0.2, 0) is 6.54 Å². The summed E-state index contributed by atoms with van der Waals surface area (Å²) in [6.07, 6.45) is 4.15. The summed E-state index contributed by atoms with van der Waals surface area (Å²) in [5.41, 5.74) is 1.95. The lowest BCUT2D eigenvalue weighted by Crippen LogP contribution is -2.27. The van der Waals surface area contributed by atoms with Gasteiger partial charge < -0.3 is 10.1 Å². The van der Waals surface area contributed by atoms with Gasteiger partial charge in [0.1, 0.15) is 12.1 Å². The Hall–Kier alpha value is -1.36. The van der Waals surface area contributed by atoms with Crippen LogP contribution in [0.4, 0.5) is 0 Å². The van der Waals surface area contributed by atoms with E-state index < -0.39 is 0 Å². The van der Waals surface area contributed by atoms with Crippen molar-refractivity contribution in [3.05, 3.63) is 52.0 Å². The monoisotopic (exact) mass is 309 g/mol. The maximum Gasteiger partial charge on any atom is 0.142 e. The minimum absolute atomic E-state index is 0.157. The van der Waals surface area contributed by atoms with Crippen molar-refractivity contribution in [3.8, 4) is 5.75 Å². The normalized spacial score (nSPS) is 17.4. The first-order valence-electron chi connectivity index (χ1n) is 6.34. The van der Waals surface area contributed by atoms with E-state index in [1.54, 1.807) is 18.6 Å². The summed E-state index contributed by atoms with van der Waals surface area (Å²) in [4.78, 5) is 8.10. The zero-order valence-electron chi connectivity index (χ0n) is 10.6. The third-order valence-electron chi connectivity index (χ3n) is 3.24. The maximum atomic E-state index is 6.17. The highest BCUT2D eigenvalue weighted by Gasteiger charge is 2.24. The second kappa shape index (κ2) is 5.95. The molecule has 0 fully saturated rings. The molecule has 6 heteroatoms.